The Labute approximate surface area is 165 Å². The average Bonchev–Trinajstić information content (AvgIpc) is 3.16. The molecular weight excluding hydrogens is 381 g/mol. The van der Waals surface area contributed by atoms with Crippen LogP contribution in [0.15, 0.2) is 53.9 Å². The zero-order valence-electron chi connectivity index (χ0n) is 15.2. The van der Waals surface area contributed by atoms with Gasteiger partial charge < -0.3 is 4.74 Å². The quantitative estimate of drug-likeness (QED) is 0.640. The lowest BCUT2D eigenvalue weighted by Gasteiger charge is -2.09. The third-order valence-electron chi connectivity index (χ3n) is 3.62. The van der Waals surface area contributed by atoms with Crippen LogP contribution in [-0.4, -0.2) is 22.9 Å². The fraction of sp³-hybridized carbons (Fsp3) is 0.150. The van der Waals surface area contributed by atoms with E-state index < -0.39 is 17.6 Å². The van der Waals surface area contributed by atoms with E-state index in [0.29, 0.717) is 5.01 Å². The van der Waals surface area contributed by atoms with Crippen molar-refractivity contribution in [3.8, 4) is 16.3 Å². The smallest absolute Gasteiger partial charge is 0.289 e. The predicted molar refractivity (Wildman–Crippen MR) is 105 cm³/mol. The van der Waals surface area contributed by atoms with Crippen molar-refractivity contribution in [1.29, 1.82) is 0 Å². The number of hydrazine groups is 1. The minimum absolute atomic E-state index is 0.0839. The first kappa shape index (κ1) is 19.5. The Bertz CT molecular complexity index is 986. The third-order valence-corrected chi connectivity index (χ3v) is 4.51. The molecule has 28 heavy (non-hydrogen) atoms. The van der Waals surface area contributed by atoms with Gasteiger partial charge in [0.25, 0.3) is 11.8 Å². The predicted octanol–water partition coefficient (Wildman–Crippen LogP) is 3.81. The number of carbonyl (C=O) groups excluding carboxylic acids is 2. The van der Waals surface area contributed by atoms with Crippen LogP contribution in [0.5, 0.6) is 5.75 Å². The number of hydrogen-bond acceptors (Lipinski definition) is 5. The second kappa shape index (κ2) is 8.62. The Morgan fingerprint density at radius 2 is 1.71 bits per heavy atom. The molecule has 0 aliphatic carbocycles. The number of carbonyl (C=O) groups is 2. The van der Waals surface area contributed by atoms with Gasteiger partial charge in [0.2, 0.25) is 0 Å². The third kappa shape index (κ3) is 4.72. The van der Waals surface area contributed by atoms with Crippen molar-refractivity contribution >= 4 is 23.2 Å². The number of thiazole rings is 1. The van der Waals surface area contributed by atoms with Crippen molar-refractivity contribution in [3.05, 3.63) is 71.0 Å². The maximum atomic E-state index is 13.6. The summed E-state index contributed by atoms with van der Waals surface area (Å²) in [5.41, 5.74) is 5.25. The fourth-order valence-corrected chi connectivity index (χ4v) is 3.16. The first-order valence-electron chi connectivity index (χ1n) is 8.52. The molecule has 0 spiro atoms. The van der Waals surface area contributed by atoms with E-state index in [0.717, 1.165) is 11.3 Å². The zero-order chi connectivity index (χ0) is 20.1. The van der Waals surface area contributed by atoms with Crippen LogP contribution >= 0.6 is 11.3 Å². The van der Waals surface area contributed by atoms with Gasteiger partial charge in [0.1, 0.15) is 22.3 Å². The fourth-order valence-electron chi connectivity index (χ4n) is 2.35. The lowest BCUT2D eigenvalue weighted by Crippen LogP contribution is -2.42. The van der Waals surface area contributed by atoms with Crippen LogP contribution in [-0.2, 0) is 0 Å². The Balaban J connectivity index is 1.62. The highest BCUT2D eigenvalue weighted by Crippen LogP contribution is 2.26. The Hall–Kier alpha value is -3.26. The molecule has 0 radical (unpaired) electrons. The zero-order valence-corrected chi connectivity index (χ0v) is 16.0. The molecule has 0 bridgehead atoms. The summed E-state index contributed by atoms with van der Waals surface area (Å²) in [6, 6.07) is 12.9. The number of nitrogens with zero attached hydrogens (tertiary/aromatic N) is 1. The minimum Gasteiger partial charge on any atom is -0.491 e. The summed E-state index contributed by atoms with van der Waals surface area (Å²) in [5.74, 6) is -1.26. The summed E-state index contributed by atoms with van der Waals surface area (Å²) < 4.78 is 19.2. The normalized spacial score (nSPS) is 10.6. The number of benzene rings is 2. The Morgan fingerprint density at radius 1 is 1.04 bits per heavy atom. The molecule has 0 unspecified atom stereocenters. The number of ether oxygens (including phenoxy) is 1. The summed E-state index contributed by atoms with van der Waals surface area (Å²) in [6.45, 7) is 3.90. The summed E-state index contributed by atoms with van der Waals surface area (Å²) in [4.78, 5) is 28.4. The number of rotatable bonds is 5. The molecule has 0 aliphatic heterocycles. The molecule has 1 aromatic heterocycles. The lowest BCUT2D eigenvalue weighted by molar-refractivity contribution is 0.0842. The summed E-state index contributed by atoms with van der Waals surface area (Å²) in [5, 5.41) is 2.24. The van der Waals surface area contributed by atoms with E-state index in [2.05, 4.69) is 15.8 Å². The van der Waals surface area contributed by atoms with Gasteiger partial charge in [-0.2, -0.15) is 0 Å². The number of halogens is 1. The van der Waals surface area contributed by atoms with Crippen molar-refractivity contribution in [3.63, 3.8) is 0 Å². The van der Waals surface area contributed by atoms with Crippen LogP contribution in [0.2, 0.25) is 0 Å². The summed E-state index contributed by atoms with van der Waals surface area (Å²) in [7, 11) is 0. The van der Waals surface area contributed by atoms with Gasteiger partial charge in [0, 0.05) is 10.9 Å². The first-order valence-corrected chi connectivity index (χ1v) is 9.40. The highest BCUT2D eigenvalue weighted by molar-refractivity contribution is 7.13. The molecule has 0 aliphatic rings. The number of amides is 2. The highest BCUT2D eigenvalue weighted by atomic mass is 32.1. The second-order valence-electron chi connectivity index (χ2n) is 6.12. The van der Waals surface area contributed by atoms with E-state index in [1.54, 1.807) is 5.38 Å². The van der Waals surface area contributed by atoms with Crippen molar-refractivity contribution in [2.24, 2.45) is 0 Å². The van der Waals surface area contributed by atoms with E-state index in [9.17, 15) is 14.0 Å². The van der Waals surface area contributed by atoms with E-state index in [-0.39, 0.29) is 17.4 Å². The molecule has 0 saturated carbocycles. The van der Waals surface area contributed by atoms with Gasteiger partial charge in [-0.05, 0) is 50.2 Å². The Kier molecular flexibility index (Phi) is 6.00. The van der Waals surface area contributed by atoms with Gasteiger partial charge in [0.05, 0.1) is 11.7 Å². The molecule has 3 rings (SSSR count). The molecule has 2 aromatic carbocycles. The van der Waals surface area contributed by atoms with Gasteiger partial charge in [0.15, 0.2) is 0 Å². The molecular formula is C20H18FN3O3S. The van der Waals surface area contributed by atoms with Crippen LogP contribution in [0.3, 0.4) is 0 Å². The molecule has 144 valence electrons. The maximum Gasteiger partial charge on any atom is 0.289 e. The van der Waals surface area contributed by atoms with Gasteiger partial charge in [-0.15, -0.1) is 11.3 Å². The van der Waals surface area contributed by atoms with Gasteiger partial charge in [-0.3, -0.25) is 20.4 Å². The SMILES string of the molecule is CC(C)Oc1ccc(-c2nc(C(=O)NNC(=O)c3ccccc3F)cs2)cc1. The molecule has 8 heteroatoms. The van der Waals surface area contributed by atoms with Gasteiger partial charge >= 0.3 is 0 Å². The Morgan fingerprint density at radius 3 is 2.39 bits per heavy atom. The number of nitrogens with one attached hydrogen (secondary N) is 2. The highest BCUT2D eigenvalue weighted by Gasteiger charge is 2.15. The molecule has 6 nitrogen and oxygen atoms in total. The van der Waals surface area contributed by atoms with E-state index in [4.69, 9.17) is 4.74 Å². The van der Waals surface area contributed by atoms with Crippen molar-refractivity contribution in [1.82, 2.24) is 15.8 Å². The number of aromatic nitrogens is 1. The van der Waals surface area contributed by atoms with Crippen LogP contribution in [0.25, 0.3) is 10.6 Å². The van der Waals surface area contributed by atoms with Crippen LogP contribution in [0.4, 0.5) is 4.39 Å². The van der Waals surface area contributed by atoms with E-state index in [1.807, 2.05) is 38.1 Å². The lowest BCUT2D eigenvalue weighted by atomic mass is 10.2. The van der Waals surface area contributed by atoms with Crippen LogP contribution in [0.1, 0.15) is 34.7 Å². The van der Waals surface area contributed by atoms with Crippen LogP contribution in [0, 0.1) is 5.82 Å². The topological polar surface area (TPSA) is 80.3 Å². The van der Waals surface area contributed by atoms with E-state index >= 15 is 0 Å². The van der Waals surface area contributed by atoms with Crippen molar-refractivity contribution < 1.29 is 18.7 Å². The molecule has 1 heterocycles. The second-order valence-corrected chi connectivity index (χ2v) is 6.98. The molecule has 2 amide bonds. The molecule has 2 N–H and O–H groups in total. The standard InChI is InChI=1S/C20H18FN3O3S/c1-12(2)27-14-9-7-13(8-10-14)20-22-17(11-28-20)19(26)24-23-18(25)15-5-3-4-6-16(15)21/h3-12H,1-2H3,(H,23,25)(H,24,26). The maximum absolute atomic E-state index is 13.6. The summed E-state index contributed by atoms with van der Waals surface area (Å²) in [6.07, 6.45) is 0.0839. The largest absolute Gasteiger partial charge is 0.491 e. The minimum atomic E-state index is -0.748. The van der Waals surface area contributed by atoms with Crippen molar-refractivity contribution in [2.45, 2.75) is 20.0 Å². The van der Waals surface area contributed by atoms with Crippen molar-refractivity contribution in [2.75, 3.05) is 0 Å². The number of hydrogen-bond donors (Lipinski definition) is 2. The molecule has 0 fully saturated rings. The van der Waals surface area contributed by atoms with Crippen LogP contribution < -0.4 is 15.6 Å². The molecule has 0 saturated heterocycles. The van der Waals surface area contributed by atoms with Gasteiger partial charge in [-0.1, -0.05) is 12.1 Å². The average molecular weight is 399 g/mol. The first-order chi connectivity index (χ1) is 13.4. The monoisotopic (exact) mass is 399 g/mol. The summed E-state index contributed by atoms with van der Waals surface area (Å²) >= 11 is 1.30. The molecule has 3 aromatic rings. The molecule has 0 atom stereocenters. The van der Waals surface area contributed by atoms with E-state index in [1.165, 1.54) is 35.6 Å². The van der Waals surface area contributed by atoms with Gasteiger partial charge in [-0.25, -0.2) is 9.37 Å².